The summed E-state index contributed by atoms with van der Waals surface area (Å²) in [5.74, 6) is 2.47. The molecule has 0 bridgehead atoms. The average Bonchev–Trinajstić information content (AvgIpc) is 2.87. The van der Waals surface area contributed by atoms with Crippen LogP contribution in [0.4, 0.5) is 5.82 Å². The van der Waals surface area contributed by atoms with Crippen LogP contribution >= 0.6 is 0 Å². The van der Waals surface area contributed by atoms with Crippen molar-refractivity contribution in [1.82, 2.24) is 20.4 Å². The summed E-state index contributed by atoms with van der Waals surface area (Å²) in [6.07, 6.45) is 3.77. The molecule has 0 radical (unpaired) electrons. The Kier molecular flexibility index (Phi) is 3.06. The maximum Gasteiger partial charge on any atom is 0.263 e. The lowest BCUT2D eigenvalue weighted by Gasteiger charge is -2.42. The lowest BCUT2D eigenvalue weighted by molar-refractivity contribution is 0.244. The van der Waals surface area contributed by atoms with Gasteiger partial charge in [-0.25, -0.2) is 4.98 Å². The molecule has 0 saturated carbocycles. The number of piperidine rings is 2. The fourth-order valence-corrected chi connectivity index (χ4v) is 3.74. The topological polar surface area (TPSA) is 67.1 Å². The summed E-state index contributed by atoms with van der Waals surface area (Å²) < 4.78 is 5.33. The molecule has 0 unspecified atom stereocenters. The first-order chi connectivity index (χ1) is 10.2. The van der Waals surface area contributed by atoms with Crippen LogP contribution in [0, 0.1) is 19.8 Å². The van der Waals surface area contributed by atoms with Crippen LogP contribution in [0.2, 0.25) is 0 Å². The van der Waals surface area contributed by atoms with Crippen molar-refractivity contribution in [3.63, 3.8) is 0 Å². The van der Waals surface area contributed by atoms with E-state index in [1.54, 1.807) is 0 Å². The van der Waals surface area contributed by atoms with E-state index in [4.69, 9.17) is 9.51 Å². The minimum atomic E-state index is 0.610. The molecule has 2 aromatic rings. The second kappa shape index (κ2) is 4.94. The fraction of sp³-hybridized carbons (Fsp3) is 0.667. The van der Waals surface area contributed by atoms with E-state index in [1.807, 2.05) is 13.8 Å². The molecule has 2 atom stereocenters. The number of rotatable bonds is 1. The molecule has 21 heavy (non-hydrogen) atoms. The van der Waals surface area contributed by atoms with Crippen molar-refractivity contribution in [3.05, 3.63) is 11.5 Å². The largest absolute Gasteiger partial charge is 0.355 e. The Bertz CT molecular complexity index is 667. The summed E-state index contributed by atoms with van der Waals surface area (Å²) in [6, 6.07) is 0.678. The molecule has 0 spiro atoms. The molecule has 4 rings (SSSR count). The number of nitrogens with one attached hydrogen (secondary N) is 1. The Hall–Kier alpha value is -1.69. The fourth-order valence-electron chi connectivity index (χ4n) is 3.74. The lowest BCUT2D eigenvalue weighted by Crippen LogP contribution is -2.52. The molecule has 0 aliphatic carbocycles. The van der Waals surface area contributed by atoms with Gasteiger partial charge in [-0.15, -0.1) is 0 Å². The first-order valence-corrected chi connectivity index (χ1v) is 7.81. The molecule has 1 N–H and O–H groups in total. The molecular formula is C15H21N5O. The van der Waals surface area contributed by atoms with E-state index in [9.17, 15) is 0 Å². The molecule has 2 aliphatic rings. The number of aryl methyl sites for hydroxylation is 2. The standard InChI is InChI=1S/C15H21N5O/c1-9-13-14(17-10(2)18-15(13)21-19-9)20-7-5-12-11(8-20)4-3-6-16-12/h11-12,16H,3-8H2,1-2H3/t11-,12+/m1/s1. The summed E-state index contributed by atoms with van der Waals surface area (Å²) in [5.41, 5.74) is 1.49. The highest BCUT2D eigenvalue weighted by Gasteiger charge is 2.32. The highest BCUT2D eigenvalue weighted by molar-refractivity contribution is 5.88. The monoisotopic (exact) mass is 287 g/mol. The minimum Gasteiger partial charge on any atom is -0.355 e. The number of anilines is 1. The van der Waals surface area contributed by atoms with E-state index in [0.29, 0.717) is 11.8 Å². The summed E-state index contributed by atoms with van der Waals surface area (Å²) in [6.45, 7) is 7.14. The van der Waals surface area contributed by atoms with Gasteiger partial charge >= 0.3 is 0 Å². The van der Waals surface area contributed by atoms with E-state index >= 15 is 0 Å². The lowest BCUT2D eigenvalue weighted by atomic mass is 9.85. The third-order valence-electron chi connectivity index (χ3n) is 4.79. The molecule has 2 saturated heterocycles. The van der Waals surface area contributed by atoms with Crippen molar-refractivity contribution < 1.29 is 4.52 Å². The molecule has 6 heteroatoms. The zero-order chi connectivity index (χ0) is 14.4. The van der Waals surface area contributed by atoms with Crippen LogP contribution in [0.3, 0.4) is 0 Å². The van der Waals surface area contributed by atoms with Gasteiger partial charge in [0.1, 0.15) is 17.0 Å². The van der Waals surface area contributed by atoms with Gasteiger partial charge in [-0.2, -0.15) is 4.98 Å². The van der Waals surface area contributed by atoms with Crippen molar-refractivity contribution in [1.29, 1.82) is 0 Å². The summed E-state index contributed by atoms with van der Waals surface area (Å²) in [7, 11) is 0. The Morgan fingerprint density at radius 3 is 3.05 bits per heavy atom. The second-order valence-electron chi connectivity index (χ2n) is 6.24. The van der Waals surface area contributed by atoms with E-state index in [0.717, 1.165) is 41.7 Å². The van der Waals surface area contributed by atoms with E-state index in [1.165, 1.54) is 25.8 Å². The summed E-state index contributed by atoms with van der Waals surface area (Å²) in [4.78, 5) is 11.4. The first-order valence-electron chi connectivity index (χ1n) is 7.81. The van der Waals surface area contributed by atoms with E-state index in [-0.39, 0.29) is 0 Å². The SMILES string of the molecule is Cc1nc(N2CC[C@@H]3NCCC[C@@H]3C2)c2c(C)noc2n1. The molecule has 112 valence electrons. The van der Waals surface area contributed by atoms with Crippen LogP contribution in [-0.2, 0) is 0 Å². The normalized spacial score (nSPS) is 26.1. The molecule has 0 aromatic carbocycles. The zero-order valence-electron chi connectivity index (χ0n) is 12.6. The third-order valence-corrected chi connectivity index (χ3v) is 4.79. The van der Waals surface area contributed by atoms with Crippen LogP contribution in [0.5, 0.6) is 0 Å². The molecule has 2 aliphatic heterocycles. The Balaban J connectivity index is 1.71. The van der Waals surface area contributed by atoms with Gasteiger partial charge in [0, 0.05) is 19.1 Å². The molecule has 0 amide bonds. The van der Waals surface area contributed by atoms with Gasteiger partial charge in [0.2, 0.25) is 0 Å². The predicted octanol–water partition coefficient (Wildman–Crippen LogP) is 1.81. The van der Waals surface area contributed by atoms with Crippen molar-refractivity contribution in [2.75, 3.05) is 24.5 Å². The van der Waals surface area contributed by atoms with Gasteiger partial charge in [0.05, 0.1) is 5.69 Å². The van der Waals surface area contributed by atoms with Crippen LogP contribution in [0.25, 0.3) is 11.1 Å². The molecule has 4 heterocycles. The quantitative estimate of drug-likeness (QED) is 0.863. The third kappa shape index (κ3) is 2.18. The highest BCUT2D eigenvalue weighted by atomic mass is 16.5. The van der Waals surface area contributed by atoms with Crippen LogP contribution in [0.1, 0.15) is 30.8 Å². The van der Waals surface area contributed by atoms with Gasteiger partial charge in [-0.3, -0.25) is 0 Å². The minimum absolute atomic E-state index is 0.610. The van der Waals surface area contributed by atoms with Crippen LogP contribution in [0.15, 0.2) is 4.52 Å². The van der Waals surface area contributed by atoms with Crippen LogP contribution in [-0.4, -0.2) is 40.8 Å². The molecule has 6 nitrogen and oxygen atoms in total. The number of hydrogen-bond donors (Lipinski definition) is 1. The van der Waals surface area contributed by atoms with Crippen LogP contribution < -0.4 is 10.2 Å². The summed E-state index contributed by atoms with van der Waals surface area (Å²) >= 11 is 0. The molecule has 2 fully saturated rings. The van der Waals surface area contributed by atoms with Gasteiger partial charge in [0.25, 0.3) is 5.71 Å². The maximum atomic E-state index is 5.33. The van der Waals surface area contributed by atoms with Crippen molar-refractivity contribution in [2.24, 2.45) is 5.92 Å². The summed E-state index contributed by atoms with van der Waals surface area (Å²) in [5, 5.41) is 8.69. The van der Waals surface area contributed by atoms with Gasteiger partial charge in [0.15, 0.2) is 0 Å². The van der Waals surface area contributed by atoms with Gasteiger partial charge in [-0.1, -0.05) is 5.16 Å². The first kappa shape index (κ1) is 13.0. The Morgan fingerprint density at radius 1 is 1.24 bits per heavy atom. The number of nitrogens with zero attached hydrogens (tertiary/aromatic N) is 4. The zero-order valence-corrected chi connectivity index (χ0v) is 12.6. The number of fused-ring (bicyclic) bond motifs is 2. The van der Waals surface area contributed by atoms with Crippen molar-refractivity contribution in [3.8, 4) is 0 Å². The molecular weight excluding hydrogens is 266 g/mol. The van der Waals surface area contributed by atoms with E-state index < -0.39 is 0 Å². The maximum absolute atomic E-state index is 5.33. The van der Waals surface area contributed by atoms with E-state index in [2.05, 4.69) is 20.4 Å². The van der Waals surface area contributed by atoms with Crippen molar-refractivity contribution in [2.45, 2.75) is 39.2 Å². The Labute approximate surface area is 123 Å². The number of aromatic nitrogens is 3. The second-order valence-corrected chi connectivity index (χ2v) is 6.24. The highest BCUT2D eigenvalue weighted by Crippen LogP contribution is 2.32. The smallest absolute Gasteiger partial charge is 0.263 e. The molecule has 2 aromatic heterocycles. The average molecular weight is 287 g/mol. The number of hydrogen-bond acceptors (Lipinski definition) is 6. The van der Waals surface area contributed by atoms with Crippen molar-refractivity contribution >= 4 is 16.9 Å². The van der Waals surface area contributed by atoms with Gasteiger partial charge < -0.3 is 14.7 Å². The van der Waals surface area contributed by atoms with Gasteiger partial charge in [-0.05, 0) is 45.6 Å². The Morgan fingerprint density at radius 2 is 2.14 bits per heavy atom. The predicted molar refractivity (Wildman–Crippen MR) is 80.4 cm³/mol.